The van der Waals surface area contributed by atoms with Crippen LogP contribution in [-0.4, -0.2) is 84.5 Å². The Morgan fingerprint density at radius 1 is 1.06 bits per heavy atom. The van der Waals surface area contributed by atoms with Crippen molar-refractivity contribution in [2.24, 2.45) is 4.99 Å². The Morgan fingerprint density at radius 2 is 1.71 bits per heavy atom. The van der Waals surface area contributed by atoms with Crippen LogP contribution in [0.5, 0.6) is 0 Å². The molecule has 5 rings (SSSR count). The molecule has 2 N–H and O–H groups in total. The van der Waals surface area contributed by atoms with Gasteiger partial charge in [-0.2, -0.15) is 0 Å². The monoisotopic (exact) mass is 516 g/mol. The predicted molar refractivity (Wildman–Crippen MR) is 144 cm³/mol. The van der Waals surface area contributed by atoms with Gasteiger partial charge in [0, 0.05) is 56.7 Å². The van der Waals surface area contributed by atoms with Gasteiger partial charge in [0.1, 0.15) is 5.84 Å². The minimum absolute atomic E-state index is 0.256. The van der Waals surface area contributed by atoms with Gasteiger partial charge < -0.3 is 25.3 Å². The summed E-state index contributed by atoms with van der Waals surface area (Å²) in [6.07, 6.45) is 8.04. The van der Waals surface area contributed by atoms with Crippen molar-refractivity contribution >= 4 is 46.4 Å². The third kappa shape index (κ3) is 5.21. The number of hydrogen-bond acceptors (Lipinski definition) is 8. The van der Waals surface area contributed by atoms with Crippen LogP contribution in [0.1, 0.15) is 31.2 Å². The summed E-state index contributed by atoms with van der Waals surface area (Å²) in [6, 6.07) is 4.35. The van der Waals surface area contributed by atoms with Crippen molar-refractivity contribution in [1.82, 2.24) is 25.1 Å². The number of amidine groups is 1. The lowest BCUT2D eigenvalue weighted by molar-refractivity contribution is 0.238. The second-order valence-corrected chi connectivity index (χ2v) is 11.0. The molecule has 2 fully saturated rings. The van der Waals surface area contributed by atoms with E-state index in [0.717, 1.165) is 80.6 Å². The lowest BCUT2D eigenvalue weighted by atomic mass is 9.84. The molecular formula is C25H34Cl2N8. The standard InChI is InChI=1S/C25H34Cl2N8/c1-33(2)18-4-8-35(9-5-18)24-29-15-17(16-30-24)14-28-23-25(6-10-34(3)11-7-25)32-22-13-20(27)19(26)12-21(22)31-23/h12-13,15-16,18,32H,4-11,14H2,1-3H3,(H,28,31). The molecule has 1 aromatic carbocycles. The highest BCUT2D eigenvalue weighted by Gasteiger charge is 2.41. The summed E-state index contributed by atoms with van der Waals surface area (Å²) in [5.41, 5.74) is 2.51. The van der Waals surface area contributed by atoms with E-state index in [1.54, 1.807) is 0 Å². The summed E-state index contributed by atoms with van der Waals surface area (Å²) >= 11 is 12.6. The maximum atomic E-state index is 6.30. The second-order valence-electron chi connectivity index (χ2n) is 10.2. The van der Waals surface area contributed by atoms with Crippen molar-refractivity contribution in [3.63, 3.8) is 0 Å². The summed E-state index contributed by atoms with van der Waals surface area (Å²) < 4.78 is 0. The van der Waals surface area contributed by atoms with E-state index in [9.17, 15) is 0 Å². The van der Waals surface area contributed by atoms with Crippen molar-refractivity contribution in [1.29, 1.82) is 0 Å². The van der Waals surface area contributed by atoms with Crippen LogP contribution < -0.4 is 15.5 Å². The van der Waals surface area contributed by atoms with Gasteiger partial charge in [0.05, 0.1) is 27.0 Å². The molecule has 1 aromatic heterocycles. The number of likely N-dealkylation sites (tertiary alicyclic amines) is 1. The van der Waals surface area contributed by atoms with Crippen LogP contribution >= 0.6 is 23.2 Å². The largest absolute Gasteiger partial charge is 0.371 e. The van der Waals surface area contributed by atoms with Gasteiger partial charge in [-0.05, 0) is 59.0 Å². The van der Waals surface area contributed by atoms with Crippen LogP contribution in [0.2, 0.25) is 10.0 Å². The SMILES string of the molecule is CN1CCC2(CC1)Nc1cc(Cl)c(Cl)cc1N=C2NCc1cnc(N2CCC(N(C)C)CC2)nc1. The fraction of sp³-hybridized carbons (Fsp3) is 0.560. The first kappa shape index (κ1) is 24.6. The highest BCUT2D eigenvalue weighted by atomic mass is 35.5. The maximum Gasteiger partial charge on any atom is 0.225 e. The number of aliphatic imine (C=N–C) groups is 1. The Kier molecular flexibility index (Phi) is 7.08. The van der Waals surface area contributed by atoms with Crippen LogP contribution in [0.15, 0.2) is 29.5 Å². The molecule has 0 radical (unpaired) electrons. The fourth-order valence-electron chi connectivity index (χ4n) is 5.21. The molecule has 2 aromatic rings. The number of piperidine rings is 2. The van der Waals surface area contributed by atoms with E-state index < -0.39 is 0 Å². The summed E-state index contributed by atoms with van der Waals surface area (Å²) in [7, 11) is 6.47. The minimum atomic E-state index is -0.256. The summed E-state index contributed by atoms with van der Waals surface area (Å²) in [6.45, 7) is 4.58. The van der Waals surface area contributed by atoms with Crippen molar-refractivity contribution in [3.05, 3.63) is 40.1 Å². The molecule has 0 amide bonds. The number of nitrogens with one attached hydrogen (secondary N) is 2. The molecular weight excluding hydrogens is 483 g/mol. The van der Waals surface area contributed by atoms with Gasteiger partial charge in [0.2, 0.25) is 5.95 Å². The highest BCUT2D eigenvalue weighted by Crippen LogP contribution is 2.41. The van der Waals surface area contributed by atoms with E-state index in [1.165, 1.54) is 0 Å². The van der Waals surface area contributed by atoms with E-state index >= 15 is 0 Å². The van der Waals surface area contributed by atoms with E-state index in [4.69, 9.17) is 28.2 Å². The predicted octanol–water partition coefficient (Wildman–Crippen LogP) is 4.02. The summed E-state index contributed by atoms with van der Waals surface area (Å²) in [5.74, 6) is 1.75. The number of hydrogen-bond donors (Lipinski definition) is 2. The van der Waals surface area contributed by atoms with Crippen molar-refractivity contribution in [2.45, 2.75) is 43.8 Å². The fourth-order valence-corrected chi connectivity index (χ4v) is 5.54. The van der Waals surface area contributed by atoms with Crippen LogP contribution in [0.3, 0.4) is 0 Å². The molecule has 0 bridgehead atoms. The normalized spacial score (nSPS) is 20.5. The van der Waals surface area contributed by atoms with E-state index in [2.05, 4.69) is 56.4 Å². The smallest absolute Gasteiger partial charge is 0.225 e. The molecule has 3 aliphatic heterocycles. The molecule has 0 saturated carbocycles. The Hall–Kier alpha value is -2.13. The Bertz CT molecular complexity index is 1070. The summed E-state index contributed by atoms with van der Waals surface area (Å²) in [4.78, 5) is 21.3. The van der Waals surface area contributed by atoms with E-state index in [0.29, 0.717) is 22.6 Å². The number of aromatic nitrogens is 2. The van der Waals surface area contributed by atoms with Crippen molar-refractivity contribution in [2.75, 3.05) is 57.5 Å². The third-order valence-corrected chi connectivity index (χ3v) is 8.29. The Labute approximate surface area is 217 Å². The topological polar surface area (TPSA) is 71.9 Å². The first-order valence-electron chi connectivity index (χ1n) is 12.3. The maximum absolute atomic E-state index is 6.30. The molecule has 4 heterocycles. The highest BCUT2D eigenvalue weighted by molar-refractivity contribution is 6.42. The zero-order chi connectivity index (χ0) is 24.6. The first-order chi connectivity index (χ1) is 16.8. The Morgan fingerprint density at radius 3 is 2.37 bits per heavy atom. The number of nitrogens with zero attached hydrogens (tertiary/aromatic N) is 6. The average molecular weight is 518 g/mol. The van der Waals surface area contributed by atoms with Gasteiger partial charge in [-0.1, -0.05) is 23.2 Å². The van der Waals surface area contributed by atoms with Crippen LogP contribution in [-0.2, 0) is 6.54 Å². The van der Waals surface area contributed by atoms with Crippen molar-refractivity contribution < 1.29 is 0 Å². The molecule has 1 spiro atoms. The molecule has 2 saturated heterocycles. The summed E-state index contributed by atoms with van der Waals surface area (Å²) in [5, 5.41) is 8.39. The van der Waals surface area contributed by atoms with Gasteiger partial charge in [0.25, 0.3) is 0 Å². The second kappa shape index (κ2) is 10.1. The molecule has 0 aliphatic carbocycles. The van der Waals surface area contributed by atoms with Gasteiger partial charge in [-0.3, -0.25) is 0 Å². The lowest BCUT2D eigenvalue weighted by Crippen LogP contribution is -2.58. The Balaban J connectivity index is 1.30. The molecule has 188 valence electrons. The quantitative estimate of drug-likeness (QED) is 0.635. The van der Waals surface area contributed by atoms with Gasteiger partial charge in [-0.15, -0.1) is 0 Å². The number of anilines is 2. The molecule has 3 aliphatic rings. The third-order valence-electron chi connectivity index (χ3n) is 7.57. The number of benzene rings is 1. The van der Waals surface area contributed by atoms with Crippen molar-refractivity contribution in [3.8, 4) is 0 Å². The average Bonchev–Trinajstić information content (AvgIpc) is 2.86. The van der Waals surface area contributed by atoms with Crippen LogP contribution in [0, 0.1) is 0 Å². The molecule has 8 nitrogen and oxygen atoms in total. The van der Waals surface area contributed by atoms with Gasteiger partial charge in [0.15, 0.2) is 0 Å². The molecule has 0 atom stereocenters. The molecule has 10 heteroatoms. The zero-order valence-corrected chi connectivity index (χ0v) is 22.2. The zero-order valence-electron chi connectivity index (χ0n) is 20.7. The van der Waals surface area contributed by atoms with E-state index in [1.807, 2.05) is 24.5 Å². The molecule has 0 unspecified atom stereocenters. The number of rotatable bonds is 4. The van der Waals surface area contributed by atoms with Crippen LogP contribution in [0.4, 0.5) is 17.3 Å². The first-order valence-corrected chi connectivity index (χ1v) is 13.1. The lowest BCUT2D eigenvalue weighted by Gasteiger charge is -2.45. The van der Waals surface area contributed by atoms with Gasteiger partial charge in [-0.25, -0.2) is 15.0 Å². The van der Waals surface area contributed by atoms with Crippen LogP contribution in [0.25, 0.3) is 0 Å². The van der Waals surface area contributed by atoms with Gasteiger partial charge >= 0.3 is 0 Å². The molecule has 35 heavy (non-hydrogen) atoms. The number of halogens is 2. The minimum Gasteiger partial charge on any atom is -0.371 e. The van der Waals surface area contributed by atoms with E-state index in [-0.39, 0.29) is 5.54 Å². The number of fused-ring (bicyclic) bond motifs is 1.